The molecule has 5 heteroatoms. The van der Waals surface area contributed by atoms with E-state index in [1.807, 2.05) is 12.1 Å². The Morgan fingerprint density at radius 1 is 1.04 bits per heavy atom. The van der Waals surface area contributed by atoms with E-state index in [4.69, 9.17) is 11.6 Å². The third-order valence-corrected chi connectivity index (χ3v) is 5.36. The Morgan fingerprint density at radius 2 is 1.77 bits per heavy atom. The molecular weight excluding hydrogens is 369 g/mol. The fraction of sp³-hybridized carbons (Fsp3) is 0.0952. The smallest absolute Gasteiger partial charge is 0.260 e. The number of carbonyl (C=O) groups excluding carboxylic acids is 1. The van der Waals surface area contributed by atoms with Gasteiger partial charge in [-0.2, -0.15) is 0 Å². The van der Waals surface area contributed by atoms with E-state index in [1.165, 1.54) is 34.2 Å². The Labute approximate surface area is 161 Å². The highest BCUT2D eigenvalue weighted by atomic mass is 35.5. The Balaban J connectivity index is 1.72. The molecule has 0 aliphatic rings. The number of hydrogen-bond acceptors (Lipinski definition) is 2. The molecule has 0 aliphatic heterocycles. The van der Waals surface area contributed by atoms with Crippen molar-refractivity contribution < 1.29 is 9.18 Å². The number of anilines is 1. The van der Waals surface area contributed by atoms with Crippen molar-refractivity contribution in [1.82, 2.24) is 0 Å². The van der Waals surface area contributed by atoms with Gasteiger partial charge in [0.2, 0.25) is 0 Å². The Hall–Kier alpha value is -2.30. The molecular formula is C21H17ClFNOS. The maximum atomic E-state index is 13.8. The first-order chi connectivity index (χ1) is 12.4. The second-order valence-electron chi connectivity index (χ2n) is 5.95. The number of carbonyl (C=O) groups is 1. The number of aryl methyl sites for hydroxylation is 2. The van der Waals surface area contributed by atoms with Crippen molar-refractivity contribution in [3.8, 4) is 0 Å². The molecule has 0 spiro atoms. The Kier molecular flexibility index (Phi) is 5.64. The van der Waals surface area contributed by atoms with Gasteiger partial charge in [0.05, 0.1) is 10.6 Å². The SMILES string of the molecule is Cc1ccc(Sc2ccc(NC(=O)c3c(F)cccc3Cl)cc2)c(C)c1. The zero-order chi connectivity index (χ0) is 18.7. The van der Waals surface area contributed by atoms with Gasteiger partial charge in [0.25, 0.3) is 5.91 Å². The van der Waals surface area contributed by atoms with E-state index in [9.17, 15) is 9.18 Å². The van der Waals surface area contributed by atoms with Crippen LogP contribution in [0.25, 0.3) is 0 Å². The normalized spacial score (nSPS) is 10.6. The minimum atomic E-state index is -0.642. The summed E-state index contributed by atoms with van der Waals surface area (Å²) in [7, 11) is 0. The van der Waals surface area contributed by atoms with E-state index in [0.29, 0.717) is 5.69 Å². The molecule has 3 aromatic carbocycles. The van der Waals surface area contributed by atoms with Crippen LogP contribution in [0.3, 0.4) is 0 Å². The lowest BCUT2D eigenvalue weighted by molar-refractivity contribution is 0.102. The van der Waals surface area contributed by atoms with Gasteiger partial charge in [-0.05, 0) is 61.9 Å². The van der Waals surface area contributed by atoms with Gasteiger partial charge in [0.1, 0.15) is 5.82 Å². The summed E-state index contributed by atoms with van der Waals surface area (Å²) < 4.78 is 13.8. The van der Waals surface area contributed by atoms with E-state index in [0.717, 1.165) is 4.90 Å². The topological polar surface area (TPSA) is 29.1 Å². The van der Waals surface area contributed by atoms with Crippen LogP contribution in [-0.4, -0.2) is 5.91 Å². The lowest BCUT2D eigenvalue weighted by atomic mass is 10.2. The molecule has 1 N–H and O–H groups in total. The molecule has 0 unspecified atom stereocenters. The largest absolute Gasteiger partial charge is 0.322 e. The average molecular weight is 386 g/mol. The van der Waals surface area contributed by atoms with Crippen molar-refractivity contribution in [2.45, 2.75) is 23.6 Å². The zero-order valence-electron chi connectivity index (χ0n) is 14.3. The van der Waals surface area contributed by atoms with Gasteiger partial charge in [0, 0.05) is 15.5 Å². The second kappa shape index (κ2) is 7.94. The summed E-state index contributed by atoms with van der Waals surface area (Å²) in [6.45, 7) is 4.16. The minimum Gasteiger partial charge on any atom is -0.322 e. The summed E-state index contributed by atoms with van der Waals surface area (Å²) in [5.74, 6) is -1.21. The number of halogens is 2. The van der Waals surface area contributed by atoms with Gasteiger partial charge in [-0.15, -0.1) is 0 Å². The quantitative estimate of drug-likeness (QED) is 0.555. The van der Waals surface area contributed by atoms with Crippen LogP contribution in [-0.2, 0) is 0 Å². The molecule has 26 heavy (non-hydrogen) atoms. The van der Waals surface area contributed by atoms with Gasteiger partial charge in [0.15, 0.2) is 0 Å². The molecule has 0 atom stereocenters. The lowest BCUT2D eigenvalue weighted by Crippen LogP contribution is -2.14. The molecule has 3 aromatic rings. The molecule has 0 aromatic heterocycles. The standard InChI is InChI=1S/C21H17ClFNOS/c1-13-6-11-19(14(2)12-13)26-16-9-7-15(8-10-16)24-21(25)20-17(22)4-3-5-18(20)23/h3-12H,1-2H3,(H,24,25). The summed E-state index contributed by atoms with van der Waals surface area (Å²) in [6, 6.07) is 17.9. The van der Waals surface area contributed by atoms with E-state index in [2.05, 4.69) is 37.4 Å². The first-order valence-corrected chi connectivity index (χ1v) is 9.24. The van der Waals surface area contributed by atoms with Crippen molar-refractivity contribution >= 4 is 35.0 Å². The van der Waals surface area contributed by atoms with Crippen molar-refractivity contribution in [2.24, 2.45) is 0 Å². The molecule has 0 saturated heterocycles. The maximum Gasteiger partial charge on any atom is 0.260 e. The van der Waals surface area contributed by atoms with Crippen LogP contribution in [0.5, 0.6) is 0 Å². The Bertz CT molecular complexity index is 936. The lowest BCUT2D eigenvalue weighted by Gasteiger charge is -2.09. The maximum absolute atomic E-state index is 13.8. The third-order valence-electron chi connectivity index (χ3n) is 3.86. The highest BCUT2D eigenvalue weighted by Gasteiger charge is 2.15. The van der Waals surface area contributed by atoms with E-state index < -0.39 is 11.7 Å². The van der Waals surface area contributed by atoms with E-state index in [-0.39, 0.29) is 10.6 Å². The predicted octanol–water partition coefficient (Wildman–Crippen LogP) is 6.50. The number of hydrogen-bond donors (Lipinski definition) is 1. The van der Waals surface area contributed by atoms with Crippen LogP contribution in [0.15, 0.2) is 70.5 Å². The second-order valence-corrected chi connectivity index (χ2v) is 7.47. The monoisotopic (exact) mass is 385 g/mol. The summed E-state index contributed by atoms with van der Waals surface area (Å²) in [5.41, 5.74) is 2.89. The summed E-state index contributed by atoms with van der Waals surface area (Å²) in [4.78, 5) is 14.5. The van der Waals surface area contributed by atoms with Crippen molar-refractivity contribution in [3.63, 3.8) is 0 Å². The summed E-state index contributed by atoms with van der Waals surface area (Å²) in [6.07, 6.45) is 0. The fourth-order valence-corrected chi connectivity index (χ4v) is 3.69. The molecule has 0 aliphatic carbocycles. The van der Waals surface area contributed by atoms with Crippen molar-refractivity contribution in [2.75, 3.05) is 5.32 Å². The molecule has 3 rings (SSSR count). The molecule has 2 nitrogen and oxygen atoms in total. The number of amides is 1. The first kappa shape index (κ1) is 18.5. The third kappa shape index (κ3) is 4.26. The van der Waals surface area contributed by atoms with Gasteiger partial charge in [-0.25, -0.2) is 4.39 Å². The van der Waals surface area contributed by atoms with Crippen LogP contribution in [0.1, 0.15) is 21.5 Å². The molecule has 0 bridgehead atoms. The van der Waals surface area contributed by atoms with Crippen LogP contribution >= 0.6 is 23.4 Å². The highest BCUT2D eigenvalue weighted by molar-refractivity contribution is 7.99. The molecule has 0 fully saturated rings. The summed E-state index contributed by atoms with van der Waals surface area (Å²) >= 11 is 7.59. The first-order valence-electron chi connectivity index (χ1n) is 8.04. The van der Waals surface area contributed by atoms with E-state index in [1.54, 1.807) is 23.9 Å². The van der Waals surface area contributed by atoms with Crippen molar-refractivity contribution in [1.29, 1.82) is 0 Å². The molecule has 0 heterocycles. The fourth-order valence-electron chi connectivity index (χ4n) is 2.56. The molecule has 132 valence electrons. The van der Waals surface area contributed by atoms with Crippen LogP contribution in [0, 0.1) is 19.7 Å². The van der Waals surface area contributed by atoms with E-state index >= 15 is 0 Å². The molecule has 0 radical (unpaired) electrons. The molecule has 0 saturated carbocycles. The molecule has 1 amide bonds. The van der Waals surface area contributed by atoms with Crippen LogP contribution in [0.4, 0.5) is 10.1 Å². The van der Waals surface area contributed by atoms with Gasteiger partial charge in [-0.3, -0.25) is 4.79 Å². The highest BCUT2D eigenvalue weighted by Crippen LogP contribution is 2.31. The average Bonchev–Trinajstić information content (AvgIpc) is 2.59. The minimum absolute atomic E-state index is 0.0875. The summed E-state index contributed by atoms with van der Waals surface area (Å²) in [5, 5.41) is 2.76. The predicted molar refractivity (Wildman–Crippen MR) is 106 cm³/mol. The van der Waals surface area contributed by atoms with Crippen molar-refractivity contribution in [3.05, 3.63) is 88.2 Å². The van der Waals surface area contributed by atoms with Gasteiger partial charge in [-0.1, -0.05) is 47.1 Å². The van der Waals surface area contributed by atoms with Gasteiger partial charge < -0.3 is 5.32 Å². The van der Waals surface area contributed by atoms with Gasteiger partial charge >= 0.3 is 0 Å². The van der Waals surface area contributed by atoms with Crippen LogP contribution < -0.4 is 5.32 Å². The number of nitrogens with one attached hydrogen (secondary N) is 1. The Morgan fingerprint density at radius 3 is 2.42 bits per heavy atom. The van der Waals surface area contributed by atoms with Crippen LogP contribution in [0.2, 0.25) is 5.02 Å². The number of rotatable bonds is 4. The number of benzene rings is 3. The zero-order valence-corrected chi connectivity index (χ0v) is 15.9.